The minimum Gasteiger partial charge on any atom is -0.443 e. The van der Waals surface area contributed by atoms with Gasteiger partial charge in [0.05, 0.1) is 4.92 Å². The van der Waals surface area contributed by atoms with E-state index in [-0.39, 0.29) is 17.2 Å². The zero-order valence-corrected chi connectivity index (χ0v) is 15.0. The van der Waals surface area contributed by atoms with Crippen molar-refractivity contribution in [2.45, 2.75) is 25.9 Å². The summed E-state index contributed by atoms with van der Waals surface area (Å²) in [5, 5.41) is 11.3. The maximum absolute atomic E-state index is 12.9. The Hall–Kier alpha value is -3.22. The molecule has 0 saturated carbocycles. The molecule has 1 unspecified atom stereocenters. The Morgan fingerprint density at radius 3 is 2.37 bits per heavy atom. The highest BCUT2D eigenvalue weighted by molar-refractivity contribution is 5.97. The summed E-state index contributed by atoms with van der Waals surface area (Å²) >= 11 is 0. The van der Waals surface area contributed by atoms with Gasteiger partial charge >= 0.3 is 5.97 Å². The second kappa shape index (κ2) is 7.99. The second-order valence-corrected chi connectivity index (χ2v) is 6.45. The number of amides is 1. The largest absolute Gasteiger partial charge is 0.443 e. The average molecular weight is 368 g/mol. The van der Waals surface area contributed by atoms with Gasteiger partial charge in [0.1, 0.15) is 5.56 Å². The number of carbonyl (C=O) groups excluding carboxylic acids is 2. The summed E-state index contributed by atoms with van der Waals surface area (Å²) in [6.07, 6.45) is 0.686. The van der Waals surface area contributed by atoms with Crippen molar-refractivity contribution in [3.63, 3.8) is 0 Å². The van der Waals surface area contributed by atoms with Crippen molar-refractivity contribution in [3.05, 3.63) is 75.3 Å². The lowest BCUT2D eigenvalue weighted by molar-refractivity contribution is -0.385. The van der Waals surface area contributed by atoms with Crippen LogP contribution in [-0.2, 0) is 9.53 Å². The molecule has 1 saturated heterocycles. The number of nitro benzene ring substituents is 1. The maximum atomic E-state index is 12.9. The van der Waals surface area contributed by atoms with Crippen LogP contribution in [0.25, 0.3) is 0 Å². The zero-order valence-electron chi connectivity index (χ0n) is 15.0. The quantitative estimate of drug-likeness (QED) is 0.458. The molecule has 3 rings (SSSR count). The van der Waals surface area contributed by atoms with Gasteiger partial charge in [-0.25, -0.2) is 4.79 Å². The molecule has 2 aromatic rings. The van der Waals surface area contributed by atoms with E-state index in [1.54, 1.807) is 48.2 Å². The third-order valence-corrected chi connectivity index (χ3v) is 4.62. The second-order valence-electron chi connectivity index (χ2n) is 6.45. The normalized spacial score (nSPS) is 14.6. The van der Waals surface area contributed by atoms with E-state index in [4.69, 9.17) is 4.74 Å². The van der Waals surface area contributed by atoms with Gasteiger partial charge in [0.2, 0.25) is 6.10 Å². The van der Waals surface area contributed by atoms with Gasteiger partial charge in [-0.15, -0.1) is 0 Å². The molecule has 0 aromatic heterocycles. The fourth-order valence-corrected chi connectivity index (χ4v) is 3.23. The summed E-state index contributed by atoms with van der Waals surface area (Å²) in [5.41, 5.74) is 0.506. The van der Waals surface area contributed by atoms with Crippen molar-refractivity contribution < 1.29 is 19.2 Å². The summed E-state index contributed by atoms with van der Waals surface area (Å²) in [4.78, 5) is 38.1. The fraction of sp³-hybridized carbons (Fsp3) is 0.300. The van der Waals surface area contributed by atoms with Gasteiger partial charge < -0.3 is 9.64 Å². The molecule has 7 nitrogen and oxygen atoms in total. The third-order valence-electron chi connectivity index (χ3n) is 4.62. The summed E-state index contributed by atoms with van der Waals surface area (Å²) in [5.74, 6) is -1.18. The molecule has 2 aromatic carbocycles. The van der Waals surface area contributed by atoms with E-state index in [1.165, 1.54) is 12.1 Å². The molecule has 140 valence electrons. The molecule has 0 radical (unpaired) electrons. The molecular formula is C20H20N2O5. The maximum Gasteiger partial charge on any atom is 0.346 e. The van der Waals surface area contributed by atoms with Gasteiger partial charge in [0.15, 0.2) is 0 Å². The van der Waals surface area contributed by atoms with Crippen molar-refractivity contribution in [2.24, 2.45) is 0 Å². The number of ether oxygens (including phenoxy) is 1. The van der Waals surface area contributed by atoms with Gasteiger partial charge in [-0.1, -0.05) is 42.5 Å². The number of aryl methyl sites for hydroxylation is 1. The highest BCUT2D eigenvalue weighted by Crippen LogP contribution is 2.28. The van der Waals surface area contributed by atoms with Gasteiger partial charge in [-0.2, -0.15) is 0 Å². The number of hydrogen-bond acceptors (Lipinski definition) is 5. The third kappa shape index (κ3) is 3.97. The van der Waals surface area contributed by atoms with E-state index >= 15 is 0 Å². The Balaban J connectivity index is 1.94. The molecule has 27 heavy (non-hydrogen) atoms. The van der Waals surface area contributed by atoms with Crippen LogP contribution in [0, 0.1) is 17.0 Å². The van der Waals surface area contributed by atoms with E-state index in [1.807, 2.05) is 0 Å². The van der Waals surface area contributed by atoms with E-state index < -0.39 is 17.0 Å². The van der Waals surface area contributed by atoms with Crippen LogP contribution in [0.4, 0.5) is 5.69 Å². The van der Waals surface area contributed by atoms with Crippen LogP contribution in [0.15, 0.2) is 48.5 Å². The minimum atomic E-state index is -1.13. The molecule has 0 spiro atoms. The lowest BCUT2D eigenvalue weighted by Gasteiger charge is -2.23. The Labute approximate surface area is 156 Å². The van der Waals surface area contributed by atoms with Crippen molar-refractivity contribution >= 4 is 17.6 Å². The number of carbonyl (C=O) groups is 2. The topological polar surface area (TPSA) is 89.7 Å². The summed E-state index contributed by atoms with van der Waals surface area (Å²) in [6, 6.07) is 13.1. The Morgan fingerprint density at radius 2 is 1.74 bits per heavy atom. The first-order chi connectivity index (χ1) is 13.0. The molecule has 0 aliphatic carbocycles. The van der Waals surface area contributed by atoms with Gasteiger partial charge in [0, 0.05) is 24.7 Å². The molecular weight excluding hydrogens is 348 g/mol. The van der Waals surface area contributed by atoms with Gasteiger partial charge in [0.25, 0.3) is 11.6 Å². The molecule has 0 N–H and O–H groups in total. The molecule has 1 aliphatic rings. The lowest BCUT2D eigenvalue weighted by atomic mass is 10.1. The van der Waals surface area contributed by atoms with Crippen LogP contribution in [0.3, 0.4) is 0 Å². The fourth-order valence-electron chi connectivity index (χ4n) is 3.23. The monoisotopic (exact) mass is 368 g/mol. The SMILES string of the molecule is Cc1cccc([N+](=O)[O-])c1C(=O)OC(C(=O)N1CCCC1)c1ccccc1. The smallest absolute Gasteiger partial charge is 0.346 e. The minimum absolute atomic E-state index is 0.127. The molecule has 0 bridgehead atoms. The highest BCUT2D eigenvalue weighted by atomic mass is 16.6. The van der Waals surface area contributed by atoms with Crippen molar-refractivity contribution in [1.82, 2.24) is 4.90 Å². The van der Waals surface area contributed by atoms with E-state index in [2.05, 4.69) is 0 Å². The number of benzene rings is 2. The van der Waals surface area contributed by atoms with E-state index in [9.17, 15) is 19.7 Å². The molecule has 1 amide bonds. The molecule has 7 heteroatoms. The number of rotatable bonds is 5. The first-order valence-electron chi connectivity index (χ1n) is 8.77. The van der Waals surface area contributed by atoms with Crippen molar-refractivity contribution in [3.8, 4) is 0 Å². The van der Waals surface area contributed by atoms with Crippen molar-refractivity contribution in [2.75, 3.05) is 13.1 Å². The van der Waals surface area contributed by atoms with Crippen LogP contribution in [0.1, 0.15) is 40.4 Å². The number of nitro groups is 1. The lowest BCUT2D eigenvalue weighted by Crippen LogP contribution is -2.35. The number of hydrogen-bond donors (Lipinski definition) is 0. The predicted octanol–water partition coefficient (Wildman–Crippen LogP) is 3.42. The summed E-state index contributed by atoms with van der Waals surface area (Å²) in [6.45, 7) is 2.83. The Bertz CT molecular complexity index is 860. The first-order valence-corrected chi connectivity index (χ1v) is 8.77. The molecule has 1 aliphatic heterocycles. The Morgan fingerprint density at radius 1 is 1.07 bits per heavy atom. The highest BCUT2D eigenvalue weighted by Gasteiger charge is 2.33. The standard InChI is InChI=1S/C20H20N2O5/c1-14-8-7-11-16(22(25)26)17(14)20(24)27-18(15-9-3-2-4-10-15)19(23)21-12-5-6-13-21/h2-4,7-11,18H,5-6,12-13H2,1H3. The molecule has 1 fully saturated rings. The number of nitrogens with zero attached hydrogens (tertiary/aromatic N) is 2. The van der Waals surface area contributed by atoms with Crippen molar-refractivity contribution in [1.29, 1.82) is 0 Å². The predicted molar refractivity (Wildman–Crippen MR) is 98.2 cm³/mol. The summed E-state index contributed by atoms with van der Waals surface area (Å²) < 4.78 is 5.53. The van der Waals surface area contributed by atoms with Gasteiger partial charge in [-0.3, -0.25) is 14.9 Å². The first kappa shape index (κ1) is 18.6. The van der Waals surface area contributed by atoms with Crippen LogP contribution < -0.4 is 0 Å². The van der Waals surface area contributed by atoms with Crippen LogP contribution in [-0.4, -0.2) is 34.8 Å². The number of likely N-dealkylation sites (tertiary alicyclic amines) is 1. The molecule has 1 atom stereocenters. The van der Waals surface area contributed by atoms with Gasteiger partial charge in [-0.05, 0) is 25.3 Å². The number of esters is 1. The van der Waals surface area contributed by atoms with E-state index in [0.717, 1.165) is 12.8 Å². The summed E-state index contributed by atoms with van der Waals surface area (Å²) in [7, 11) is 0. The Kier molecular flexibility index (Phi) is 5.49. The van der Waals surface area contributed by atoms with Crippen LogP contribution >= 0.6 is 0 Å². The molecule has 1 heterocycles. The van der Waals surface area contributed by atoms with Crippen LogP contribution in [0.5, 0.6) is 0 Å². The van der Waals surface area contributed by atoms with E-state index in [0.29, 0.717) is 24.2 Å². The zero-order chi connectivity index (χ0) is 19.4. The average Bonchev–Trinajstić information content (AvgIpc) is 3.20. The van der Waals surface area contributed by atoms with Crippen LogP contribution in [0.2, 0.25) is 0 Å².